The van der Waals surface area contributed by atoms with Crippen molar-refractivity contribution < 1.29 is 23.9 Å². The second-order valence-electron chi connectivity index (χ2n) is 7.24. The number of nitrogen functional groups attached to an aromatic ring is 1. The lowest BCUT2D eigenvalue weighted by atomic mass is 9.98. The minimum atomic E-state index is -0.981. The molecule has 0 aliphatic carbocycles. The van der Waals surface area contributed by atoms with Gasteiger partial charge in [-0.05, 0) is 36.2 Å². The second-order valence-corrected chi connectivity index (χ2v) is 7.24. The minimum absolute atomic E-state index is 0.239. The molecule has 0 radical (unpaired) electrons. The van der Waals surface area contributed by atoms with E-state index in [9.17, 15) is 9.90 Å². The largest absolute Gasteiger partial charge is 0.493 e. The van der Waals surface area contributed by atoms with Gasteiger partial charge in [0.15, 0.2) is 11.5 Å². The number of benzene rings is 1. The first-order chi connectivity index (χ1) is 16.0. The van der Waals surface area contributed by atoms with Crippen LogP contribution in [0, 0.1) is 0 Å². The monoisotopic (exact) mass is 450 g/mol. The fourth-order valence-corrected chi connectivity index (χ4v) is 3.32. The van der Waals surface area contributed by atoms with Crippen LogP contribution in [0.5, 0.6) is 11.5 Å². The van der Waals surface area contributed by atoms with Gasteiger partial charge in [-0.25, -0.2) is 9.97 Å². The van der Waals surface area contributed by atoms with Crippen LogP contribution in [0.15, 0.2) is 53.6 Å². The maximum Gasteiger partial charge on any atom is 0.312 e. The van der Waals surface area contributed by atoms with Crippen molar-refractivity contribution in [1.29, 1.82) is 0 Å². The van der Waals surface area contributed by atoms with Crippen molar-refractivity contribution in [1.82, 2.24) is 24.7 Å². The molecule has 1 aromatic carbocycles. The van der Waals surface area contributed by atoms with Crippen molar-refractivity contribution in [2.75, 3.05) is 20.0 Å². The molecule has 0 spiro atoms. The number of nitrogens with two attached hydrogens (primary N) is 1. The predicted molar refractivity (Wildman–Crippen MR) is 117 cm³/mol. The second kappa shape index (κ2) is 9.39. The Morgan fingerprint density at radius 1 is 1.18 bits per heavy atom. The van der Waals surface area contributed by atoms with Gasteiger partial charge in [-0.15, -0.1) is 0 Å². The molecule has 3 aromatic heterocycles. The molecule has 0 bridgehead atoms. The third kappa shape index (κ3) is 4.92. The summed E-state index contributed by atoms with van der Waals surface area (Å²) in [5, 5.41) is 13.7. The molecule has 0 amide bonds. The molecular formula is C22H22N6O5. The van der Waals surface area contributed by atoms with E-state index in [2.05, 4.69) is 20.1 Å². The molecule has 11 heteroatoms. The Morgan fingerprint density at radius 3 is 2.70 bits per heavy atom. The zero-order chi connectivity index (χ0) is 23.4. The Balaban J connectivity index is 1.49. The van der Waals surface area contributed by atoms with E-state index < -0.39 is 11.9 Å². The molecule has 0 aliphatic heterocycles. The average molecular weight is 450 g/mol. The van der Waals surface area contributed by atoms with Crippen LogP contribution in [0.25, 0.3) is 11.4 Å². The molecule has 0 saturated heterocycles. The Bertz CT molecular complexity index is 1250. The van der Waals surface area contributed by atoms with Gasteiger partial charge in [-0.2, -0.15) is 4.98 Å². The number of hydrogen-bond donors (Lipinski definition) is 2. The third-order valence-electron chi connectivity index (χ3n) is 5.02. The van der Waals surface area contributed by atoms with Crippen LogP contribution < -0.4 is 15.2 Å². The lowest BCUT2D eigenvalue weighted by Crippen LogP contribution is -2.15. The molecule has 3 heterocycles. The number of methoxy groups -OCH3 is 2. The Morgan fingerprint density at radius 2 is 2.00 bits per heavy atom. The number of hydrogen-bond acceptors (Lipinski definition) is 9. The minimum Gasteiger partial charge on any atom is -0.493 e. The van der Waals surface area contributed by atoms with Crippen molar-refractivity contribution in [3.8, 4) is 22.9 Å². The van der Waals surface area contributed by atoms with Gasteiger partial charge in [-0.3, -0.25) is 4.79 Å². The summed E-state index contributed by atoms with van der Waals surface area (Å²) in [6.07, 6.45) is 5.00. The zero-order valence-electron chi connectivity index (χ0n) is 18.0. The first kappa shape index (κ1) is 21.8. The van der Waals surface area contributed by atoms with Crippen molar-refractivity contribution in [3.05, 3.63) is 66.2 Å². The van der Waals surface area contributed by atoms with Gasteiger partial charge >= 0.3 is 5.97 Å². The summed E-state index contributed by atoms with van der Waals surface area (Å²) >= 11 is 0. The first-order valence-corrected chi connectivity index (χ1v) is 9.96. The quantitative estimate of drug-likeness (QED) is 0.389. The molecule has 0 fully saturated rings. The standard InChI is InChI=1S/C22H22N6O5/c1-31-17-5-4-14(8-18(17)32-2)21-26-20(33-27-21)11-28-10-16(25-12-28)15(22(29)30)7-13-3-6-19(23)24-9-13/h3-6,8-10,12,15H,7,11H2,1-2H3,(H2,23,24)(H,29,30). The summed E-state index contributed by atoms with van der Waals surface area (Å²) in [4.78, 5) is 24.5. The highest BCUT2D eigenvalue weighted by molar-refractivity contribution is 5.75. The van der Waals surface area contributed by atoms with Crippen molar-refractivity contribution >= 4 is 11.8 Å². The fraction of sp³-hybridized carbons (Fsp3) is 0.227. The van der Waals surface area contributed by atoms with E-state index in [4.69, 9.17) is 19.7 Å². The van der Waals surface area contributed by atoms with Crippen LogP contribution in [0.2, 0.25) is 0 Å². The topological polar surface area (TPSA) is 151 Å². The fourth-order valence-electron chi connectivity index (χ4n) is 3.32. The number of aliphatic carboxylic acids is 1. The smallest absolute Gasteiger partial charge is 0.312 e. The van der Waals surface area contributed by atoms with Crippen LogP contribution >= 0.6 is 0 Å². The van der Waals surface area contributed by atoms with Crippen LogP contribution in [0.1, 0.15) is 23.1 Å². The number of rotatable bonds is 9. The molecule has 170 valence electrons. The average Bonchev–Trinajstić information content (AvgIpc) is 3.48. The van der Waals surface area contributed by atoms with Gasteiger partial charge in [-0.1, -0.05) is 11.2 Å². The summed E-state index contributed by atoms with van der Waals surface area (Å²) < 4.78 is 17.6. The summed E-state index contributed by atoms with van der Waals surface area (Å²) in [7, 11) is 3.11. The first-order valence-electron chi connectivity index (χ1n) is 9.96. The van der Waals surface area contributed by atoms with Crippen LogP contribution in [0.4, 0.5) is 5.82 Å². The van der Waals surface area contributed by atoms with E-state index in [0.29, 0.717) is 40.3 Å². The molecule has 0 saturated carbocycles. The number of nitrogens with zero attached hydrogens (tertiary/aromatic N) is 5. The SMILES string of the molecule is COc1ccc(-c2noc(Cn3cnc(C(Cc4ccc(N)nc4)C(=O)O)c3)n2)cc1OC. The Hall–Kier alpha value is -4.41. The number of imidazole rings is 1. The number of carboxylic acids is 1. The van der Waals surface area contributed by atoms with Gasteiger partial charge < -0.3 is 29.4 Å². The van der Waals surface area contributed by atoms with E-state index in [-0.39, 0.29) is 13.0 Å². The molecule has 3 N–H and O–H groups in total. The maximum atomic E-state index is 11.8. The molecule has 4 aromatic rings. The van der Waals surface area contributed by atoms with Crippen molar-refractivity contribution in [2.45, 2.75) is 18.9 Å². The van der Waals surface area contributed by atoms with Gasteiger partial charge in [0.2, 0.25) is 11.7 Å². The highest BCUT2D eigenvalue weighted by Gasteiger charge is 2.23. The third-order valence-corrected chi connectivity index (χ3v) is 5.02. The summed E-state index contributed by atoms with van der Waals surface area (Å²) in [5.74, 6) is 0.452. The summed E-state index contributed by atoms with van der Waals surface area (Å²) in [6, 6.07) is 8.71. The molecule has 0 aliphatic rings. The molecule has 4 rings (SSSR count). The van der Waals surface area contributed by atoms with Crippen LogP contribution in [0.3, 0.4) is 0 Å². The number of carbonyl (C=O) groups is 1. The van der Waals surface area contributed by atoms with E-state index in [1.807, 2.05) is 0 Å². The van der Waals surface area contributed by atoms with Crippen LogP contribution in [-0.4, -0.2) is 50.0 Å². The maximum absolute atomic E-state index is 11.8. The normalized spacial score (nSPS) is 11.8. The number of anilines is 1. The highest BCUT2D eigenvalue weighted by atomic mass is 16.5. The summed E-state index contributed by atoms with van der Waals surface area (Å²) in [6.45, 7) is 0.239. The van der Waals surface area contributed by atoms with Crippen LogP contribution in [-0.2, 0) is 17.8 Å². The van der Waals surface area contributed by atoms with E-state index >= 15 is 0 Å². The molecule has 11 nitrogen and oxygen atoms in total. The van der Waals surface area contributed by atoms with E-state index in [0.717, 1.165) is 5.56 Å². The number of pyridine rings is 1. The lowest BCUT2D eigenvalue weighted by molar-refractivity contribution is -0.138. The summed E-state index contributed by atoms with van der Waals surface area (Å²) in [5.41, 5.74) is 7.47. The zero-order valence-corrected chi connectivity index (χ0v) is 18.0. The van der Waals surface area contributed by atoms with Crippen molar-refractivity contribution in [3.63, 3.8) is 0 Å². The Kier molecular flexibility index (Phi) is 6.20. The Labute approximate surface area is 188 Å². The number of ether oxygens (including phenoxy) is 2. The molecule has 1 unspecified atom stereocenters. The van der Waals surface area contributed by atoms with Crippen molar-refractivity contribution in [2.24, 2.45) is 0 Å². The van der Waals surface area contributed by atoms with E-state index in [1.165, 1.54) is 6.33 Å². The molecule has 1 atom stereocenters. The van der Waals surface area contributed by atoms with Gasteiger partial charge in [0.05, 0.1) is 26.2 Å². The van der Waals surface area contributed by atoms with Gasteiger partial charge in [0.1, 0.15) is 18.3 Å². The van der Waals surface area contributed by atoms with E-state index in [1.54, 1.807) is 61.5 Å². The number of carboxylic acid groups (broad SMARTS) is 1. The number of aromatic nitrogens is 5. The highest BCUT2D eigenvalue weighted by Crippen LogP contribution is 2.31. The van der Waals surface area contributed by atoms with Gasteiger partial charge in [0.25, 0.3) is 0 Å². The van der Waals surface area contributed by atoms with Gasteiger partial charge in [0, 0.05) is 18.0 Å². The molecular weight excluding hydrogens is 428 g/mol. The lowest BCUT2D eigenvalue weighted by Gasteiger charge is -2.09. The molecule has 33 heavy (non-hydrogen) atoms. The predicted octanol–water partition coefficient (Wildman–Crippen LogP) is 2.39.